The maximum atomic E-state index is 11.3. The highest BCUT2D eigenvalue weighted by Gasteiger charge is 2.20. The fourth-order valence-corrected chi connectivity index (χ4v) is 3.47. The van der Waals surface area contributed by atoms with Crippen LogP contribution in [0.1, 0.15) is 38.2 Å². The second-order valence-corrected chi connectivity index (χ2v) is 8.05. The van der Waals surface area contributed by atoms with Gasteiger partial charge in [-0.25, -0.2) is 0 Å². The summed E-state index contributed by atoms with van der Waals surface area (Å²) in [7, 11) is -4.72. The van der Waals surface area contributed by atoms with Crippen molar-refractivity contribution in [2.45, 2.75) is 43.9 Å². The number of azo groups is 1. The molecular formula is C18H21ClN2O6S. The highest BCUT2D eigenvalue weighted by atomic mass is 35.5. The van der Waals surface area contributed by atoms with Crippen molar-refractivity contribution >= 4 is 33.1 Å². The van der Waals surface area contributed by atoms with Crippen molar-refractivity contribution in [3.63, 3.8) is 0 Å². The number of hydrogen-bond acceptors (Lipinski definition) is 7. The molecule has 0 aliphatic carbocycles. The molecule has 2 rings (SSSR count). The van der Waals surface area contributed by atoms with Gasteiger partial charge in [0.2, 0.25) is 0 Å². The first-order valence-corrected chi connectivity index (χ1v) is 10.4. The van der Waals surface area contributed by atoms with Crippen molar-refractivity contribution in [3.05, 3.63) is 34.9 Å². The Kier molecular flexibility index (Phi) is 7.22. The Balaban J connectivity index is 2.35. The summed E-state index contributed by atoms with van der Waals surface area (Å²) in [6.45, 7) is 2.09. The molecule has 4 N–H and O–H groups in total. The van der Waals surface area contributed by atoms with Gasteiger partial charge in [-0.2, -0.15) is 8.42 Å². The first kappa shape index (κ1) is 21.9. The molecule has 152 valence electrons. The van der Waals surface area contributed by atoms with Gasteiger partial charge >= 0.3 is 0 Å². The number of unbranched alkanes of at least 4 members (excludes halogenated alkanes) is 3. The van der Waals surface area contributed by atoms with Crippen LogP contribution in [-0.2, 0) is 16.5 Å². The molecule has 0 unspecified atom stereocenters. The van der Waals surface area contributed by atoms with Crippen molar-refractivity contribution in [1.29, 1.82) is 0 Å². The first-order chi connectivity index (χ1) is 13.1. The van der Waals surface area contributed by atoms with Crippen LogP contribution in [0.5, 0.6) is 17.2 Å². The van der Waals surface area contributed by atoms with E-state index in [-0.39, 0.29) is 27.9 Å². The van der Waals surface area contributed by atoms with Crippen molar-refractivity contribution in [3.8, 4) is 17.2 Å². The zero-order valence-electron chi connectivity index (χ0n) is 15.1. The van der Waals surface area contributed by atoms with Gasteiger partial charge in [-0.1, -0.05) is 37.8 Å². The average Bonchev–Trinajstić information content (AvgIpc) is 2.60. The minimum absolute atomic E-state index is 0.0241. The Morgan fingerprint density at radius 1 is 0.929 bits per heavy atom. The molecular weight excluding hydrogens is 408 g/mol. The van der Waals surface area contributed by atoms with E-state index in [0.717, 1.165) is 43.9 Å². The molecule has 0 bridgehead atoms. The summed E-state index contributed by atoms with van der Waals surface area (Å²) < 4.78 is 31.8. The van der Waals surface area contributed by atoms with Gasteiger partial charge in [0.05, 0.1) is 0 Å². The van der Waals surface area contributed by atoms with E-state index in [9.17, 15) is 23.7 Å². The average molecular weight is 429 g/mol. The minimum atomic E-state index is -4.72. The maximum absolute atomic E-state index is 11.3. The highest BCUT2D eigenvalue weighted by molar-refractivity contribution is 7.86. The molecule has 2 aromatic carbocycles. The number of aryl methyl sites for hydroxylation is 1. The lowest BCUT2D eigenvalue weighted by atomic mass is 10.0. The van der Waals surface area contributed by atoms with Crippen molar-refractivity contribution in [2.24, 2.45) is 10.2 Å². The van der Waals surface area contributed by atoms with Crippen LogP contribution in [-0.4, -0.2) is 28.3 Å². The molecule has 0 aromatic heterocycles. The molecule has 0 heterocycles. The van der Waals surface area contributed by atoms with Crippen LogP contribution in [0.4, 0.5) is 11.4 Å². The molecule has 0 saturated heterocycles. The summed E-state index contributed by atoms with van der Waals surface area (Å²) in [5, 5.41) is 37.4. The van der Waals surface area contributed by atoms with Crippen LogP contribution >= 0.6 is 11.6 Å². The fourth-order valence-electron chi connectivity index (χ4n) is 2.57. The Labute approximate surface area is 167 Å². The summed E-state index contributed by atoms with van der Waals surface area (Å²) >= 11 is 5.80. The van der Waals surface area contributed by atoms with E-state index in [1.807, 2.05) is 0 Å². The lowest BCUT2D eigenvalue weighted by Gasteiger charge is -2.08. The number of phenols is 3. The zero-order valence-corrected chi connectivity index (χ0v) is 16.7. The van der Waals surface area contributed by atoms with Crippen LogP contribution in [0.2, 0.25) is 5.02 Å². The smallest absolute Gasteiger partial charge is 0.298 e. The molecule has 0 saturated carbocycles. The predicted molar refractivity (Wildman–Crippen MR) is 105 cm³/mol. The van der Waals surface area contributed by atoms with E-state index >= 15 is 0 Å². The second kappa shape index (κ2) is 9.22. The van der Waals surface area contributed by atoms with Crippen LogP contribution in [0, 0.1) is 0 Å². The van der Waals surface area contributed by atoms with Crippen LogP contribution in [0.3, 0.4) is 0 Å². The minimum Gasteiger partial charge on any atom is -0.508 e. The molecule has 0 aliphatic heterocycles. The van der Waals surface area contributed by atoms with Crippen molar-refractivity contribution < 1.29 is 28.3 Å². The van der Waals surface area contributed by atoms with Gasteiger partial charge in [0.25, 0.3) is 10.1 Å². The van der Waals surface area contributed by atoms with E-state index in [2.05, 4.69) is 17.2 Å². The lowest BCUT2D eigenvalue weighted by Crippen LogP contribution is -1.98. The second-order valence-electron chi connectivity index (χ2n) is 6.23. The van der Waals surface area contributed by atoms with Crippen LogP contribution in [0.15, 0.2) is 39.4 Å². The third-order valence-electron chi connectivity index (χ3n) is 4.04. The monoisotopic (exact) mass is 428 g/mol. The highest BCUT2D eigenvalue weighted by Crippen LogP contribution is 2.39. The number of nitrogens with zero attached hydrogens (tertiary/aromatic N) is 2. The zero-order chi connectivity index (χ0) is 20.9. The molecule has 8 nitrogen and oxygen atoms in total. The van der Waals surface area contributed by atoms with E-state index in [0.29, 0.717) is 12.0 Å². The topological polar surface area (TPSA) is 140 Å². The van der Waals surface area contributed by atoms with Gasteiger partial charge in [-0.05, 0) is 36.6 Å². The van der Waals surface area contributed by atoms with E-state index in [1.54, 1.807) is 0 Å². The van der Waals surface area contributed by atoms with Gasteiger partial charge in [0.15, 0.2) is 5.75 Å². The summed E-state index contributed by atoms with van der Waals surface area (Å²) in [5.74, 6) is -1.23. The normalized spacial score (nSPS) is 12.0. The largest absolute Gasteiger partial charge is 0.508 e. The summed E-state index contributed by atoms with van der Waals surface area (Å²) in [6.07, 6.45) is 4.60. The predicted octanol–water partition coefficient (Wildman–Crippen LogP) is 5.24. The quantitative estimate of drug-likeness (QED) is 0.257. The first-order valence-electron chi connectivity index (χ1n) is 8.60. The van der Waals surface area contributed by atoms with Gasteiger partial charge < -0.3 is 15.3 Å². The number of benzene rings is 2. The number of phenolic OH excluding ortho intramolecular Hbond substituents is 3. The van der Waals surface area contributed by atoms with Crippen molar-refractivity contribution in [2.75, 3.05) is 0 Å². The van der Waals surface area contributed by atoms with E-state index < -0.39 is 20.8 Å². The van der Waals surface area contributed by atoms with Gasteiger partial charge in [0.1, 0.15) is 27.8 Å². The standard InChI is InChI=1S/C18H21ClN2O6S/c1-2-3-4-5-6-11-7-13(16(23)10-15(11)22)20-21-14-8-12(19)9-17(18(14)24)28(25,26)27/h7-10,22-24H,2-6H2,1H3,(H,25,26,27). The third-order valence-corrected chi connectivity index (χ3v) is 5.12. The Morgan fingerprint density at radius 2 is 1.61 bits per heavy atom. The molecule has 0 aliphatic rings. The number of hydrogen-bond donors (Lipinski definition) is 4. The molecule has 28 heavy (non-hydrogen) atoms. The molecule has 0 atom stereocenters. The number of halogens is 1. The van der Waals surface area contributed by atoms with Gasteiger partial charge in [0, 0.05) is 11.1 Å². The summed E-state index contributed by atoms with van der Waals surface area (Å²) in [6, 6.07) is 4.63. The Hall–Kier alpha value is -2.36. The van der Waals surface area contributed by atoms with E-state index in [1.165, 1.54) is 6.07 Å². The van der Waals surface area contributed by atoms with Gasteiger partial charge in [-0.3, -0.25) is 4.55 Å². The lowest BCUT2D eigenvalue weighted by molar-refractivity contribution is 0.442. The number of rotatable bonds is 8. The Bertz CT molecular complexity index is 992. The van der Waals surface area contributed by atoms with Crippen molar-refractivity contribution in [1.82, 2.24) is 0 Å². The molecule has 0 fully saturated rings. The molecule has 2 aromatic rings. The van der Waals surface area contributed by atoms with Crippen LogP contribution in [0.25, 0.3) is 0 Å². The molecule has 0 amide bonds. The molecule has 10 heteroatoms. The molecule has 0 spiro atoms. The maximum Gasteiger partial charge on any atom is 0.298 e. The SMILES string of the molecule is CCCCCCc1cc(N=Nc2cc(Cl)cc(S(=O)(=O)O)c2O)c(O)cc1O. The summed E-state index contributed by atoms with van der Waals surface area (Å²) in [4.78, 5) is -0.805. The Morgan fingerprint density at radius 3 is 2.25 bits per heavy atom. The third kappa shape index (κ3) is 5.57. The summed E-state index contributed by atoms with van der Waals surface area (Å²) in [5.41, 5.74) is 0.296. The van der Waals surface area contributed by atoms with Gasteiger partial charge in [-0.15, -0.1) is 10.2 Å². The molecule has 0 radical (unpaired) electrons. The fraction of sp³-hybridized carbons (Fsp3) is 0.333. The number of aromatic hydroxyl groups is 3. The van der Waals surface area contributed by atoms with E-state index in [4.69, 9.17) is 16.2 Å². The van der Waals surface area contributed by atoms with Crippen LogP contribution < -0.4 is 0 Å².